The maximum atomic E-state index is 11.9. The van der Waals surface area contributed by atoms with Crippen LogP contribution in [0.15, 0.2) is 24.3 Å². The van der Waals surface area contributed by atoms with Gasteiger partial charge in [-0.3, -0.25) is 9.59 Å². The molecule has 1 aromatic rings. The van der Waals surface area contributed by atoms with Crippen LogP contribution in [0.1, 0.15) is 29.8 Å². The average Bonchev–Trinajstić information content (AvgIpc) is 2.45. The Morgan fingerprint density at radius 2 is 1.57 bits per heavy atom. The van der Waals surface area contributed by atoms with Crippen LogP contribution in [0.4, 0.5) is 0 Å². The molecule has 0 atom stereocenters. The molecule has 0 spiro atoms. The number of carboxylic acids is 1. The number of rotatable bonds is 7. The minimum absolute atomic E-state index is 0.0519. The summed E-state index contributed by atoms with van der Waals surface area (Å²) in [6.07, 6.45) is -0.0693. The first kappa shape index (κ1) is 16.7. The van der Waals surface area contributed by atoms with Crippen molar-refractivity contribution in [3.63, 3.8) is 0 Å². The number of ether oxygens (including phenoxy) is 2. The maximum Gasteiger partial charge on any atom is 0.335 e. The van der Waals surface area contributed by atoms with E-state index in [2.05, 4.69) is 0 Å². The summed E-state index contributed by atoms with van der Waals surface area (Å²) in [5, 5.41) is 9.13. The summed E-state index contributed by atoms with van der Waals surface area (Å²) in [6, 6.07) is 6.21. The smallest absolute Gasteiger partial charge is 0.335 e. The van der Waals surface area contributed by atoms with E-state index in [1.807, 2.05) is 0 Å². The van der Waals surface area contributed by atoms with Crippen molar-refractivity contribution in [2.45, 2.75) is 20.3 Å². The molecule has 0 unspecified atom stereocenters. The van der Waals surface area contributed by atoms with Crippen LogP contribution in [-0.4, -0.2) is 36.2 Å². The largest absolute Gasteiger partial charge is 0.478 e. The van der Waals surface area contributed by atoms with E-state index in [0.29, 0.717) is 5.56 Å². The van der Waals surface area contributed by atoms with Crippen molar-refractivity contribution in [3.05, 3.63) is 35.4 Å². The van der Waals surface area contributed by atoms with Gasteiger partial charge in [0, 0.05) is 0 Å². The van der Waals surface area contributed by atoms with Gasteiger partial charge >= 0.3 is 17.9 Å². The Morgan fingerprint density at radius 1 is 1.05 bits per heavy atom. The van der Waals surface area contributed by atoms with Crippen molar-refractivity contribution < 1.29 is 29.0 Å². The summed E-state index contributed by atoms with van der Waals surface area (Å²) >= 11 is 0. The van der Waals surface area contributed by atoms with Crippen molar-refractivity contribution in [3.8, 4) is 0 Å². The van der Waals surface area contributed by atoms with E-state index < -0.39 is 23.8 Å². The van der Waals surface area contributed by atoms with E-state index in [0.717, 1.165) is 0 Å². The third-order valence-corrected chi connectivity index (χ3v) is 2.81. The van der Waals surface area contributed by atoms with E-state index in [9.17, 15) is 14.4 Å². The number of hydrogen-bond acceptors (Lipinski definition) is 5. The molecule has 0 radical (unpaired) electrons. The third-order valence-electron chi connectivity index (χ3n) is 2.81. The summed E-state index contributed by atoms with van der Waals surface area (Å²) in [5.41, 5.74) is 0.437. The standard InChI is InChI=1S/C15H18O6/c1-3-20-14(18)12(15(19)21-4-2)9-10-7-5-6-8-11(10)13(16)17/h5-8,12H,3-4,9H2,1-2H3,(H,16,17). The van der Waals surface area contributed by atoms with Crippen molar-refractivity contribution in [1.29, 1.82) is 0 Å². The molecule has 21 heavy (non-hydrogen) atoms. The Labute approximate surface area is 122 Å². The van der Waals surface area contributed by atoms with Crippen LogP contribution >= 0.6 is 0 Å². The molecule has 0 saturated heterocycles. The minimum atomic E-state index is -1.16. The molecule has 0 aliphatic heterocycles. The second-order valence-corrected chi connectivity index (χ2v) is 4.22. The molecular weight excluding hydrogens is 276 g/mol. The van der Waals surface area contributed by atoms with Crippen LogP contribution in [0.2, 0.25) is 0 Å². The monoisotopic (exact) mass is 294 g/mol. The number of carbonyl (C=O) groups is 3. The number of esters is 2. The highest BCUT2D eigenvalue weighted by Crippen LogP contribution is 2.17. The molecule has 0 heterocycles. The van der Waals surface area contributed by atoms with Crippen LogP contribution in [0.5, 0.6) is 0 Å². The molecule has 0 fully saturated rings. The lowest BCUT2D eigenvalue weighted by atomic mass is 9.95. The van der Waals surface area contributed by atoms with Crippen LogP contribution < -0.4 is 0 Å². The van der Waals surface area contributed by atoms with E-state index in [4.69, 9.17) is 14.6 Å². The molecule has 1 aromatic carbocycles. The molecule has 0 saturated carbocycles. The predicted molar refractivity (Wildman–Crippen MR) is 73.9 cm³/mol. The Bertz CT molecular complexity index is 505. The summed E-state index contributed by atoms with van der Waals surface area (Å²) in [7, 11) is 0. The van der Waals surface area contributed by atoms with Crippen LogP contribution in [0.25, 0.3) is 0 Å². The van der Waals surface area contributed by atoms with Crippen molar-refractivity contribution in [1.82, 2.24) is 0 Å². The molecule has 0 aliphatic rings. The predicted octanol–water partition coefficient (Wildman–Crippen LogP) is 1.67. The fourth-order valence-electron chi connectivity index (χ4n) is 1.88. The Hall–Kier alpha value is -2.37. The fourth-order valence-corrected chi connectivity index (χ4v) is 1.88. The molecule has 0 bridgehead atoms. The number of benzene rings is 1. The van der Waals surface area contributed by atoms with Gasteiger partial charge in [0.1, 0.15) is 0 Å². The average molecular weight is 294 g/mol. The molecule has 1 rings (SSSR count). The number of hydrogen-bond donors (Lipinski definition) is 1. The topological polar surface area (TPSA) is 89.9 Å². The van der Waals surface area contributed by atoms with Gasteiger partial charge in [0.2, 0.25) is 0 Å². The summed E-state index contributed by atoms with van der Waals surface area (Å²) in [4.78, 5) is 34.9. The molecule has 0 aromatic heterocycles. The van der Waals surface area contributed by atoms with Gasteiger partial charge in [-0.15, -0.1) is 0 Å². The van der Waals surface area contributed by atoms with Gasteiger partial charge in [0.15, 0.2) is 5.92 Å². The summed E-state index contributed by atoms with van der Waals surface area (Å²) in [5.74, 6) is -3.70. The molecule has 6 nitrogen and oxygen atoms in total. The van der Waals surface area contributed by atoms with Gasteiger partial charge in [-0.25, -0.2) is 4.79 Å². The van der Waals surface area contributed by atoms with E-state index >= 15 is 0 Å². The number of aromatic carboxylic acids is 1. The van der Waals surface area contributed by atoms with E-state index in [1.54, 1.807) is 32.0 Å². The van der Waals surface area contributed by atoms with E-state index in [-0.39, 0.29) is 25.2 Å². The lowest BCUT2D eigenvalue weighted by Gasteiger charge is -2.15. The highest BCUT2D eigenvalue weighted by molar-refractivity contribution is 5.96. The molecule has 6 heteroatoms. The zero-order valence-corrected chi connectivity index (χ0v) is 12.0. The molecule has 0 aliphatic carbocycles. The Morgan fingerprint density at radius 3 is 2.05 bits per heavy atom. The SMILES string of the molecule is CCOC(=O)C(Cc1ccccc1C(=O)O)C(=O)OCC. The highest BCUT2D eigenvalue weighted by atomic mass is 16.6. The second-order valence-electron chi connectivity index (χ2n) is 4.22. The van der Waals surface area contributed by atoms with Gasteiger partial charge < -0.3 is 14.6 Å². The molecule has 0 amide bonds. The zero-order valence-electron chi connectivity index (χ0n) is 12.0. The first-order valence-corrected chi connectivity index (χ1v) is 6.65. The maximum absolute atomic E-state index is 11.9. The Balaban J connectivity index is 3.03. The van der Waals surface area contributed by atoms with Gasteiger partial charge in [0.25, 0.3) is 0 Å². The van der Waals surface area contributed by atoms with Gasteiger partial charge in [-0.1, -0.05) is 18.2 Å². The van der Waals surface area contributed by atoms with E-state index in [1.165, 1.54) is 6.07 Å². The first-order chi connectivity index (χ1) is 10.0. The number of carbonyl (C=O) groups excluding carboxylic acids is 2. The highest BCUT2D eigenvalue weighted by Gasteiger charge is 2.31. The number of carboxylic acid groups (broad SMARTS) is 1. The van der Waals surface area contributed by atoms with Crippen LogP contribution in [-0.2, 0) is 25.5 Å². The van der Waals surface area contributed by atoms with Crippen molar-refractivity contribution >= 4 is 17.9 Å². The second kappa shape index (κ2) is 8.04. The third kappa shape index (κ3) is 4.59. The van der Waals surface area contributed by atoms with Crippen LogP contribution in [0, 0.1) is 5.92 Å². The summed E-state index contributed by atoms with van der Waals surface area (Å²) < 4.78 is 9.71. The Kier molecular flexibility index (Phi) is 6.39. The minimum Gasteiger partial charge on any atom is -0.478 e. The van der Waals surface area contributed by atoms with Crippen molar-refractivity contribution in [2.24, 2.45) is 5.92 Å². The normalized spacial score (nSPS) is 10.2. The van der Waals surface area contributed by atoms with Gasteiger partial charge in [-0.05, 0) is 31.9 Å². The lowest BCUT2D eigenvalue weighted by Crippen LogP contribution is -2.30. The lowest BCUT2D eigenvalue weighted by molar-refractivity contribution is -0.161. The van der Waals surface area contributed by atoms with Gasteiger partial charge in [0.05, 0.1) is 18.8 Å². The quantitative estimate of drug-likeness (QED) is 0.607. The fraction of sp³-hybridized carbons (Fsp3) is 0.400. The van der Waals surface area contributed by atoms with Gasteiger partial charge in [-0.2, -0.15) is 0 Å². The zero-order chi connectivity index (χ0) is 15.8. The van der Waals surface area contributed by atoms with Crippen LogP contribution in [0.3, 0.4) is 0 Å². The molecule has 114 valence electrons. The molecular formula is C15H18O6. The molecule has 1 N–H and O–H groups in total. The van der Waals surface area contributed by atoms with Crippen molar-refractivity contribution in [2.75, 3.05) is 13.2 Å². The summed E-state index contributed by atoms with van der Waals surface area (Å²) in [6.45, 7) is 3.53. The first-order valence-electron chi connectivity index (χ1n) is 6.65.